The molecule has 0 unspecified atom stereocenters. The van der Waals surface area contributed by atoms with Crippen LogP contribution in [-0.2, 0) is 0 Å². The van der Waals surface area contributed by atoms with Gasteiger partial charge in [-0.3, -0.25) is 4.79 Å². The molecule has 0 aliphatic heterocycles. The Balaban J connectivity index is 2.11. The Morgan fingerprint density at radius 2 is 1.73 bits per heavy atom. The first-order valence-corrected chi connectivity index (χ1v) is 7.78. The minimum Gasteiger partial charge on any atom is -0.493 e. The van der Waals surface area contributed by atoms with Crippen molar-refractivity contribution in [2.24, 2.45) is 5.92 Å². The number of carbonyl (C=O) groups excluding carboxylic acids is 1. The van der Waals surface area contributed by atoms with E-state index in [4.69, 9.17) is 14.2 Å². The number of hydrogen-bond acceptors (Lipinski definition) is 4. The van der Waals surface area contributed by atoms with Gasteiger partial charge in [-0.25, -0.2) is 0 Å². The van der Waals surface area contributed by atoms with E-state index in [2.05, 4.69) is 5.32 Å². The maximum atomic E-state index is 12.4. The van der Waals surface area contributed by atoms with Gasteiger partial charge in [0.2, 0.25) is 5.75 Å². The van der Waals surface area contributed by atoms with Crippen LogP contribution in [0.5, 0.6) is 17.2 Å². The molecule has 0 bridgehead atoms. The Hall–Kier alpha value is -1.91. The fraction of sp³-hybridized carbons (Fsp3) is 0.588. The van der Waals surface area contributed by atoms with E-state index in [-0.39, 0.29) is 5.91 Å². The minimum absolute atomic E-state index is 0.136. The molecule has 1 aliphatic rings. The number of methoxy groups -OCH3 is 3. The molecule has 0 saturated heterocycles. The quantitative estimate of drug-likeness (QED) is 0.877. The number of benzene rings is 1. The molecule has 1 aromatic carbocycles. The van der Waals surface area contributed by atoms with Crippen molar-refractivity contribution in [1.82, 2.24) is 5.32 Å². The number of hydrogen-bond donors (Lipinski definition) is 1. The second-order valence-corrected chi connectivity index (χ2v) is 5.60. The Bertz CT molecular complexity index is 510. The van der Waals surface area contributed by atoms with Gasteiger partial charge in [0, 0.05) is 6.54 Å². The number of nitrogens with one attached hydrogen (secondary N) is 1. The van der Waals surface area contributed by atoms with E-state index in [0.29, 0.717) is 28.7 Å². The van der Waals surface area contributed by atoms with Crippen molar-refractivity contribution in [1.29, 1.82) is 0 Å². The summed E-state index contributed by atoms with van der Waals surface area (Å²) in [4.78, 5) is 12.4. The summed E-state index contributed by atoms with van der Waals surface area (Å²) in [6, 6.07) is 3.42. The van der Waals surface area contributed by atoms with E-state index >= 15 is 0 Å². The summed E-state index contributed by atoms with van der Waals surface area (Å²) in [6.07, 6.45) is 6.24. The van der Waals surface area contributed by atoms with Gasteiger partial charge in [0.1, 0.15) is 0 Å². The van der Waals surface area contributed by atoms with Gasteiger partial charge in [-0.15, -0.1) is 0 Å². The van der Waals surface area contributed by atoms with Crippen LogP contribution in [0.25, 0.3) is 0 Å². The fourth-order valence-electron chi connectivity index (χ4n) is 3.00. The highest BCUT2D eigenvalue weighted by Gasteiger charge is 2.21. The molecule has 5 heteroatoms. The van der Waals surface area contributed by atoms with E-state index < -0.39 is 0 Å². The van der Waals surface area contributed by atoms with Crippen molar-refractivity contribution in [3.8, 4) is 17.2 Å². The average Bonchev–Trinajstić information content (AvgIpc) is 2.58. The first kappa shape index (κ1) is 16.5. The average molecular weight is 307 g/mol. The fourth-order valence-corrected chi connectivity index (χ4v) is 3.00. The Morgan fingerprint density at radius 1 is 1.05 bits per heavy atom. The second kappa shape index (κ2) is 7.92. The maximum absolute atomic E-state index is 12.4. The van der Waals surface area contributed by atoms with Gasteiger partial charge in [-0.2, -0.15) is 0 Å². The first-order chi connectivity index (χ1) is 10.7. The monoisotopic (exact) mass is 307 g/mol. The lowest BCUT2D eigenvalue weighted by molar-refractivity contribution is 0.0939. The van der Waals surface area contributed by atoms with Crippen LogP contribution in [0.2, 0.25) is 0 Å². The summed E-state index contributed by atoms with van der Waals surface area (Å²) < 4.78 is 15.9. The van der Waals surface area contributed by atoms with Crippen molar-refractivity contribution in [3.05, 3.63) is 17.7 Å². The lowest BCUT2D eigenvalue weighted by atomic mass is 9.89. The van der Waals surface area contributed by atoms with Crippen LogP contribution in [0.15, 0.2) is 12.1 Å². The van der Waals surface area contributed by atoms with Gasteiger partial charge in [0.05, 0.1) is 26.9 Å². The summed E-state index contributed by atoms with van der Waals surface area (Å²) >= 11 is 0. The van der Waals surface area contributed by atoms with Crippen LogP contribution in [0, 0.1) is 5.92 Å². The van der Waals surface area contributed by atoms with Crippen molar-refractivity contribution < 1.29 is 19.0 Å². The zero-order valence-corrected chi connectivity index (χ0v) is 13.6. The van der Waals surface area contributed by atoms with E-state index in [1.807, 2.05) is 0 Å². The van der Waals surface area contributed by atoms with Gasteiger partial charge in [0.25, 0.3) is 5.91 Å². The number of carbonyl (C=O) groups is 1. The molecule has 122 valence electrons. The molecule has 0 atom stereocenters. The van der Waals surface area contributed by atoms with Crippen LogP contribution in [0.4, 0.5) is 0 Å². The summed E-state index contributed by atoms with van der Waals surface area (Å²) in [7, 11) is 4.61. The summed E-state index contributed by atoms with van der Waals surface area (Å²) in [5.74, 6) is 1.84. The SMILES string of the molecule is COc1ccc(C(=O)NCC2CCCCC2)c(OC)c1OC. The molecule has 0 spiro atoms. The van der Waals surface area contributed by atoms with E-state index in [9.17, 15) is 4.79 Å². The molecular weight excluding hydrogens is 282 g/mol. The predicted molar refractivity (Wildman–Crippen MR) is 85.0 cm³/mol. The topological polar surface area (TPSA) is 56.8 Å². The van der Waals surface area contributed by atoms with E-state index in [0.717, 1.165) is 6.54 Å². The maximum Gasteiger partial charge on any atom is 0.255 e. The van der Waals surface area contributed by atoms with Gasteiger partial charge in [-0.1, -0.05) is 19.3 Å². The molecule has 1 aromatic rings. The Kier molecular flexibility index (Phi) is 5.92. The molecule has 1 N–H and O–H groups in total. The van der Waals surface area contributed by atoms with E-state index in [1.54, 1.807) is 19.2 Å². The molecular formula is C17H25NO4. The van der Waals surface area contributed by atoms with Gasteiger partial charge in [-0.05, 0) is 30.9 Å². The molecule has 1 fully saturated rings. The Morgan fingerprint density at radius 3 is 2.32 bits per heavy atom. The highest BCUT2D eigenvalue weighted by atomic mass is 16.5. The number of rotatable bonds is 6. The zero-order valence-electron chi connectivity index (χ0n) is 13.6. The molecule has 22 heavy (non-hydrogen) atoms. The molecule has 0 aromatic heterocycles. The highest BCUT2D eigenvalue weighted by molar-refractivity contribution is 5.98. The van der Waals surface area contributed by atoms with Crippen molar-refractivity contribution in [2.45, 2.75) is 32.1 Å². The van der Waals surface area contributed by atoms with Gasteiger partial charge in [0.15, 0.2) is 11.5 Å². The molecule has 1 aliphatic carbocycles. The summed E-state index contributed by atoms with van der Waals surface area (Å²) in [5, 5.41) is 3.02. The summed E-state index contributed by atoms with van der Waals surface area (Å²) in [5.41, 5.74) is 0.468. The predicted octanol–water partition coefficient (Wildman–Crippen LogP) is 3.02. The van der Waals surface area contributed by atoms with Crippen molar-refractivity contribution in [3.63, 3.8) is 0 Å². The lowest BCUT2D eigenvalue weighted by Gasteiger charge is -2.22. The molecule has 2 rings (SSSR count). The van der Waals surface area contributed by atoms with Crippen molar-refractivity contribution >= 4 is 5.91 Å². The Labute approximate surface area is 131 Å². The molecule has 5 nitrogen and oxygen atoms in total. The van der Waals surface area contributed by atoms with Crippen LogP contribution < -0.4 is 19.5 Å². The minimum atomic E-state index is -0.136. The third-order valence-corrected chi connectivity index (χ3v) is 4.22. The smallest absolute Gasteiger partial charge is 0.255 e. The second-order valence-electron chi connectivity index (χ2n) is 5.60. The number of amides is 1. The largest absolute Gasteiger partial charge is 0.493 e. The third-order valence-electron chi connectivity index (χ3n) is 4.22. The molecule has 1 amide bonds. The standard InChI is InChI=1S/C17H25NO4/c1-20-14-10-9-13(15(21-2)16(14)22-3)17(19)18-11-12-7-5-4-6-8-12/h9-10,12H,4-8,11H2,1-3H3,(H,18,19). The van der Waals surface area contributed by atoms with Crippen LogP contribution in [0.1, 0.15) is 42.5 Å². The van der Waals surface area contributed by atoms with Gasteiger partial charge >= 0.3 is 0 Å². The first-order valence-electron chi connectivity index (χ1n) is 7.78. The van der Waals surface area contributed by atoms with Gasteiger partial charge < -0.3 is 19.5 Å². The number of ether oxygens (including phenoxy) is 3. The normalized spacial score (nSPS) is 15.2. The molecule has 0 radical (unpaired) electrons. The van der Waals surface area contributed by atoms with Crippen molar-refractivity contribution in [2.75, 3.05) is 27.9 Å². The van der Waals surface area contributed by atoms with E-state index in [1.165, 1.54) is 46.3 Å². The van der Waals surface area contributed by atoms with Crippen LogP contribution in [0.3, 0.4) is 0 Å². The molecule has 0 heterocycles. The summed E-state index contributed by atoms with van der Waals surface area (Å²) in [6.45, 7) is 0.719. The zero-order chi connectivity index (χ0) is 15.9. The van der Waals surface area contributed by atoms with Crippen LogP contribution in [-0.4, -0.2) is 33.8 Å². The highest BCUT2D eigenvalue weighted by Crippen LogP contribution is 2.39. The lowest BCUT2D eigenvalue weighted by Crippen LogP contribution is -2.30. The third kappa shape index (κ3) is 3.64. The van der Waals surface area contributed by atoms with Crippen LogP contribution >= 0.6 is 0 Å². The molecule has 1 saturated carbocycles.